The molecule has 2 rings (SSSR count). The molecule has 0 aromatic heterocycles. The fraction of sp³-hybridized carbons (Fsp3) is 0.538. The molecule has 3 unspecified atom stereocenters. The highest BCUT2D eigenvalue weighted by Crippen LogP contribution is 2.28. The molecule has 3 atom stereocenters. The second kappa shape index (κ2) is 5.11. The number of hydrogen-bond acceptors (Lipinski definition) is 2. The molecule has 16 heavy (non-hydrogen) atoms. The monoisotopic (exact) mass is 237 g/mol. The highest BCUT2D eigenvalue weighted by molar-refractivity contribution is 7.85. The van der Waals surface area contributed by atoms with E-state index >= 15 is 0 Å². The fourth-order valence-corrected chi connectivity index (χ4v) is 4.07. The Kier molecular flexibility index (Phi) is 3.77. The summed E-state index contributed by atoms with van der Waals surface area (Å²) < 4.78 is 12.4. The van der Waals surface area contributed by atoms with E-state index in [0.717, 1.165) is 29.7 Å². The van der Waals surface area contributed by atoms with E-state index in [9.17, 15) is 4.21 Å². The van der Waals surface area contributed by atoms with Gasteiger partial charge in [0.25, 0.3) is 0 Å². The predicted octanol–water partition coefficient (Wildman–Crippen LogP) is 2.24. The smallest absolute Gasteiger partial charge is 0.0564 e. The zero-order valence-corrected chi connectivity index (χ0v) is 10.7. The summed E-state index contributed by atoms with van der Waals surface area (Å²) in [5.41, 5.74) is 1.15. The Hall–Kier alpha value is -0.670. The maximum Gasteiger partial charge on any atom is 0.0564 e. The normalized spacial score (nSPS) is 26.9. The molecule has 1 aliphatic carbocycles. The third kappa shape index (κ3) is 2.36. The van der Waals surface area contributed by atoms with Crippen molar-refractivity contribution in [2.24, 2.45) is 0 Å². The molecule has 2 nitrogen and oxygen atoms in total. The molecule has 0 saturated heterocycles. The van der Waals surface area contributed by atoms with E-state index in [1.807, 2.05) is 38.2 Å². The second-order valence-corrected chi connectivity index (χ2v) is 6.18. The van der Waals surface area contributed by atoms with E-state index < -0.39 is 10.8 Å². The third-order valence-corrected chi connectivity index (χ3v) is 5.33. The van der Waals surface area contributed by atoms with Crippen LogP contribution in [0.1, 0.15) is 24.8 Å². The lowest BCUT2D eigenvalue weighted by molar-refractivity contribution is 0.581. The summed E-state index contributed by atoms with van der Waals surface area (Å²) in [7, 11) is 1.16. The van der Waals surface area contributed by atoms with Crippen molar-refractivity contribution in [1.29, 1.82) is 0 Å². The van der Waals surface area contributed by atoms with E-state index in [1.165, 1.54) is 0 Å². The van der Waals surface area contributed by atoms with E-state index in [4.69, 9.17) is 0 Å². The molecule has 1 aliphatic rings. The van der Waals surface area contributed by atoms with Crippen LogP contribution in [0.4, 0.5) is 0 Å². The minimum atomic E-state index is -0.833. The van der Waals surface area contributed by atoms with E-state index in [1.54, 1.807) is 0 Å². The summed E-state index contributed by atoms with van der Waals surface area (Å²) in [6, 6.07) is 8.57. The van der Waals surface area contributed by atoms with Gasteiger partial charge in [0.1, 0.15) is 0 Å². The first-order valence-electron chi connectivity index (χ1n) is 5.86. The summed E-state index contributed by atoms with van der Waals surface area (Å²) >= 11 is 0. The first-order chi connectivity index (χ1) is 7.72. The van der Waals surface area contributed by atoms with Crippen LogP contribution in [0.15, 0.2) is 29.2 Å². The number of hydrogen-bond donors (Lipinski definition) is 1. The number of benzene rings is 1. The van der Waals surface area contributed by atoms with E-state index in [0.29, 0.717) is 11.3 Å². The van der Waals surface area contributed by atoms with Crippen molar-refractivity contribution in [1.82, 2.24) is 5.32 Å². The maximum atomic E-state index is 12.4. The van der Waals surface area contributed by atoms with Crippen molar-refractivity contribution in [3.8, 4) is 0 Å². The lowest BCUT2D eigenvalue weighted by atomic mass is 10.2. The van der Waals surface area contributed by atoms with Gasteiger partial charge in [-0.1, -0.05) is 18.2 Å². The van der Waals surface area contributed by atoms with Gasteiger partial charge in [-0.25, -0.2) is 0 Å². The molecule has 1 aromatic carbocycles. The lowest BCUT2D eigenvalue weighted by Gasteiger charge is -2.12. The quantitative estimate of drug-likeness (QED) is 0.873. The van der Waals surface area contributed by atoms with Crippen LogP contribution < -0.4 is 5.32 Å². The Morgan fingerprint density at radius 2 is 2.06 bits per heavy atom. The first kappa shape index (κ1) is 11.8. The van der Waals surface area contributed by atoms with Gasteiger partial charge in [0, 0.05) is 16.2 Å². The highest BCUT2D eigenvalue weighted by atomic mass is 32.2. The molecule has 0 aliphatic heterocycles. The molecule has 88 valence electrons. The van der Waals surface area contributed by atoms with Crippen LogP contribution in [0.5, 0.6) is 0 Å². The predicted molar refractivity (Wildman–Crippen MR) is 68.1 cm³/mol. The molecule has 0 radical (unpaired) electrons. The lowest BCUT2D eigenvalue weighted by Crippen LogP contribution is -2.23. The van der Waals surface area contributed by atoms with Gasteiger partial charge < -0.3 is 5.32 Å². The van der Waals surface area contributed by atoms with Crippen LogP contribution in [-0.2, 0) is 10.8 Å². The van der Waals surface area contributed by atoms with Crippen LogP contribution in [0.2, 0.25) is 0 Å². The summed E-state index contributed by atoms with van der Waals surface area (Å²) in [6.07, 6.45) is 3.27. The second-order valence-electron chi connectivity index (χ2n) is 4.48. The summed E-state index contributed by atoms with van der Waals surface area (Å²) in [6.45, 7) is 2.04. The van der Waals surface area contributed by atoms with E-state index in [2.05, 4.69) is 5.32 Å². The number of aryl methyl sites for hydroxylation is 1. The summed E-state index contributed by atoms with van der Waals surface area (Å²) in [5, 5.41) is 3.61. The largest absolute Gasteiger partial charge is 0.317 e. The zero-order chi connectivity index (χ0) is 11.5. The van der Waals surface area contributed by atoms with Crippen molar-refractivity contribution in [3.05, 3.63) is 29.8 Å². The molecule has 1 aromatic rings. The topological polar surface area (TPSA) is 29.1 Å². The number of rotatable bonds is 3. The molecule has 1 N–H and O–H groups in total. The van der Waals surface area contributed by atoms with Crippen LogP contribution in [0.25, 0.3) is 0 Å². The standard InChI is InChI=1S/C13H19NOS/c1-10-5-3-4-6-13(10)16(15)12-8-7-11(9-12)14-2/h3-6,11-12,14H,7-9H2,1-2H3. The molecular weight excluding hydrogens is 218 g/mol. The van der Waals surface area contributed by atoms with Gasteiger partial charge in [-0.15, -0.1) is 0 Å². The maximum absolute atomic E-state index is 12.4. The van der Waals surface area contributed by atoms with Crippen molar-refractivity contribution < 1.29 is 4.21 Å². The first-order valence-corrected chi connectivity index (χ1v) is 7.07. The van der Waals surface area contributed by atoms with Crippen LogP contribution in [-0.4, -0.2) is 22.5 Å². The molecule has 1 saturated carbocycles. The fourth-order valence-electron chi connectivity index (χ4n) is 2.36. The summed E-state index contributed by atoms with van der Waals surface area (Å²) in [5.74, 6) is 0. The molecule has 0 heterocycles. The molecule has 1 fully saturated rings. The minimum absolute atomic E-state index is 0.332. The van der Waals surface area contributed by atoms with Crippen molar-refractivity contribution in [3.63, 3.8) is 0 Å². The van der Waals surface area contributed by atoms with Gasteiger partial charge in [0.15, 0.2) is 0 Å². The van der Waals surface area contributed by atoms with Crippen LogP contribution in [0, 0.1) is 6.92 Å². The van der Waals surface area contributed by atoms with Gasteiger partial charge in [-0.05, 0) is 44.9 Å². The molecule has 0 bridgehead atoms. The van der Waals surface area contributed by atoms with Gasteiger partial charge >= 0.3 is 0 Å². The Morgan fingerprint density at radius 3 is 2.69 bits per heavy atom. The molecule has 0 spiro atoms. The molecular formula is C13H19NOS. The van der Waals surface area contributed by atoms with Crippen molar-refractivity contribution >= 4 is 10.8 Å². The van der Waals surface area contributed by atoms with Gasteiger partial charge in [0.2, 0.25) is 0 Å². The van der Waals surface area contributed by atoms with Gasteiger partial charge in [-0.3, -0.25) is 4.21 Å². The van der Waals surface area contributed by atoms with Crippen LogP contribution >= 0.6 is 0 Å². The Morgan fingerprint density at radius 1 is 1.31 bits per heavy atom. The molecule has 3 heteroatoms. The third-order valence-electron chi connectivity index (χ3n) is 3.41. The minimum Gasteiger partial charge on any atom is -0.317 e. The van der Waals surface area contributed by atoms with Gasteiger partial charge in [0.05, 0.1) is 10.8 Å². The van der Waals surface area contributed by atoms with E-state index in [-0.39, 0.29) is 0 Å². The average Bonchev–Trinajstić information content (AvgIpc) is 2.77. The zero-order valence-electron chi connectivity index (χ0n) is 9.90. The highest BCUT2D eigenvalue weighted by Gasteiger charge is 2.29. The van der Waals surface area contributed by atoms with Crippen LogP contribution in [0.3, 0.4) is 0 Å². The molecule has 0 amide bonds. The Bertz CT molecular complexity index is 391. The Labute approximate surface area is 99.9 Å². The van der Waals surface area contributed by atoms with Gasteiger partial charge in [-0.2, -0.15) is 0 Å². The number of nitrogens with one attached hydrogen (secondary N) is 1. The Balaban J connectivity index is 2.12. The SMILES string of the molecule is CNC1CCC(S(=O)c2ccccc2C)C1. The average molecular weight is 237 g/mol. The summed E-state index contributed by atoms with van der Waals surface area (Å²) in [4.78, 5) is 1.02. The van der Waals surface area contributed by atoms with Crippen molar-refractivity contribution in [2.45, 2.75) is 42.4 Å². The van der Waals surface area contributed by atoms with Crippen molar-refractivity contribution in [2.75, 3.05) is 7.05 Å².